The molecule has 1 atom stereocenters. The molecule has 0 bridgehead atoms. The summed E-state index contributed by atoms with van der Waals surface area (Å²) in [7, 11) is 0. The van der Waals surface area contributed by atoms with Crippen LogP contribution >= 0.6 is 0 Å². The normalized spacial score (nSPS) is 20.2. The summed E-state index contributed by atoms with van der Waals surface area (Å²) < 4.78 is 0. The number of nitrogens with zero attached hydrogens (tertiary/aromatic N) is 2. The molecule has 0 aliphatic carbocycles. The number of amides is 2. The lowest BCUT2D eigenvalue weighted by Gasteiger charge is -2.52. The second-order valence-corrected chi connectivity index (χ2v) is 11.1. The van der Waals surface area contributed by atoms with E-state index in [1.54, 1.807) is 0 Å². The van der Waals surface area contributed by atoms with E-state index in [4.69, 9.17) is 0 Å². The monoisotopic (exact) mass is 489 g/mol. The van der Waals surface area contributed by atoms with Crippen molar-refractivity contribution in [1.82, 2.24) is 15.1 Å². The molecule has 0 radical (unpaired) electrons. The Bertz CT molecular complexity index is 968. The molecule has 194 valence electrons. The zero-order valence-electron chi connectivity index (χ0n) is 22.1. The molecule has 2 fully saturated rings. The van der Waals surface area contributed by atoms with E-state index >= 15 is 0 Å². The lowest BCUT2D eigenvalue weighted by atomic mass is 9.80. The van der Waals surface area contributed by atoms with Gasteiger partial charge in [0.1, 0.15) is 11.6 Å². The van der Waals surface area contributed by atoms with E-state index in [2.05, 4.69) is 66.5 Å². The first-order valence-corrected chi connectivity index (χ1v) is 13.9. The molecule has 1 unspecified atom stereocenters. The zero-order valence-corrected chi connectivity index (χ0v) is 22.1. The van der Waals surface area contributed by atoms with Crippen LogP contribution in [0.2, 0.25) is 0 Å². The number of rotatable bonds is 11. The van der Waals surface area contributed by atoms with Crippen molar-refractivity contribution in [3.8, 4) is 0 Å². The first kappa shape index (κ1) is 26.4. The van der Waals surface area contributed by atoms with Crippen molar-refractivity contribution in [2.75, 3.05) is 19.6 Å². The van der Waals surface area contributed by atoms with Gasteiger partial charge in [0.15, 0.2) is 0 Å². The van der Waals surface area contributed by atoms with Crippen molar-refractivity contribution in [3.63, 3.8) is 0 Å². The number of likely N-dealkylation sites (tertiary alicyclic amines) is 1. The number of hydrogen-bond acceptors (Lipinski definition) is 3. The van der Waals surface area contributed by atoms with E-state index in [0.29, 0.717) is 31.7 Å². The van der Waals surface area contributed by atoms with Gasteiger partial charge in [-0.2, -0.15) is 0 Å². The molecule has 2 saturated heterocycles. The predicted molar refractivity (Wildman–Crippen MR) is 145 cm³/mol. The van der Waals surface area contributed by atoms with Gasteiger partial charge in [-0.3, -0.25) is 9.59 Å². The number of piperidine rings is 1. The maximum Gasteiger partial charge on any atom is 0.246 e. The van der Waals surface area contributed by atoms with Gasteiger partial charge < -0.3 is 15.1 Å². The van der Waals surface area contributed by atoms with Gasteiger partial charge in [0, 0.05) is 19.6 Å². The molecule has 2 heterocycles. The second kappa shape index (κ2) is 12.5. The van der Waals surface area contributed by atoms with Crippen molar-refractivity contribution in [2.24, 2.45) is 5.92 Å². The maximum atomic E-state index is 13.6. The van der Waals surface area contributed by atoms with Crippen LogP contribution in [0.4, 0.5) is 0 Å². The van der Waals surface area contributed by atoms with Gasteiger partial charge in [-0.15, -0.1) is 0 Å². The van der Waals surface area contributed by atoms with E-state index in [0.717, 1.165) is 31.6 Å². The average Bonchev–Trinajstić information content (AvgIpc) is 2.89. The van der Waals surface area contributed by atoms with Crippen LogP contribution in [-0.4, -0.2) is 52.8 Å². The minimum absolute atomic E-state index is 0.0456. The fourth-order valence-corrected chi connectivity index (χ4v) is 5.81. The molecule has 2 amide bonds. The molecule has 2 aromatic rings. The van der Waals surface area contributed by atoms with Crippen LogP contribution in [-0.2, 0) is 22.6 Å². The Morgan fingerprint density at radius 3 is 2.11 bits per heavy atom. The molecule has 2 aliphatic heterocycles. The Kier molecular flexibility index (Phi) is 9.19. The first-order chi connectivity index (χ1) is 17.5. The third-order valence-corrected chi connectivity index (χ3v) is 7.92. The Morgan fingerprint density at radius 2 is 1.47 bits per heavy atom. The lowest BCUT2D eigenvalue weighted by molar-refractivity contribution is -0.162. The molecule has 2 aliphatic rings. The van der Waals surface area contributed by atoms with Gasteiger partial charge in [0.2, 0.25) is 11.8 Å². The van der Waals surface area contributed by atoms with E-state index in [1.807, 2.05) is 23.1 Å². The van der Waals surface area contributed by atoms with Gasteiger partial charge in [0.25, 0.3) is 0 Å². The Hall–Kier alpha value is -2.66. The molecule has 4 rings (SSSR count). The molecule has 5 heteroatoms. The van der Waals surface area contributed by atoms with Crippen LogP contribution in [0.3, 0.4) is 0 Å². The number of benzene rings is 2. The standard InChI is InChI=1S/C31H43N3O2/c1-25(2)23-28-29(35)34(24-27-16-10-6-11-17-27)31(30(36)32-28)18-21-33(22-19-31)20-12-4-3-7-13-26-14-8-5-9-15-26/h5-6,8-11,14-17,25,28H,3-4,7,12-13,18-24H2,1-2H3,(H,32,36). The number of piperazine rings is 1. The summed E-state index contributed by atoms with van der Waals surface area (Å²) in [6.45, 7) is 7.52. The molecule has 1 N–H and O–H groups in total. The fraction of sp³-hybridized carbons (Fsp3) is 0.548. The highest BCUT2D eigenvalue weighted by atomic mass is 16.2. The van der Waals surface area contributed by atoms with Gasteiger partial charge in [-0.25, -0.2) is 0 Å². The highest BCUT2D eigenvalue weighted by molar-refractivity contribution is 6.00. The maximum absolute atomic E-state index is 13.6. The van der Waals surface area contributed by atoms with Crippen LogP contribution in [0.15, 0.2) is 60.7 Å². The smallest absolute Gasteiger partial charge is 0.246 e. The van der Waals surface area contributed by atoms with E-state index in [1.165, 1.54) is 31.2 Å². The summed E-state index contributed by atoms with van der Waals surface area (Å²) >= 11 is 0. The highest BCUT2D eigenvalue weighted by Crippen LogP contribution is 2.35. The quantitative estimate of drug-likeness (QED) is 0.442. The predicted octanol–water partition coefficient (Wildman–Crippen LogP) is 5.20. The van der Waals surface area contributed by atoms with Gasteiger partial charge >= 0.3 is 0 Å². The Morgan fingerprint density at radius 1 is 0.861 bits per heavy atom. The number of carbonyl (C=O) groups excluding carboxylic acids is 2. The molecular weight excluding hydrogens is 446 g/mol. The summed E-state index contributed by atoms with van der Waals surface area (Å²) in [5.74, 6) is 0.477. The van der Waals surface area contributed by atoms with Gasteiger partial charge in [0.05, 0.1) is 0 Å². The molecule has 36 heavy (non-hydrogen) atoms. The molecule has 0 saturated carbocycles. The highest BCUT2D eigenvalue weighted by Gasteiger charge is 2.53. The zero-order chi connectivity index (χ0) is 25.4. The van der Waals surface area contributed by atoms with Gasteiger partial charge in [-0.05, 0) is 62.1 Å². The number of aryl methyl sites for hydroxylation is 1. The molecule has 2 aromatic carbocycles. The summed E-state index contributed by atoms with van der Waals surface area (Å²) in [5, 5.41) is 3.12. The number of unbranched alkanes of at least 4 members (excludes halogenated alkanes) is 3. The van der Waals surface area contributed by atoms with E-state index in [-0.39, 0.29) is 11.8 Å². The Balaban J connectivity index is 1.31. The minimum Gasteiger partial charge on any atom is -0.342 e. The molecule has 1 spiro atoms. The summed E-state index contributed by atoms with van der Waals surface area (Å²) in [4.78, 5) is 31.6. The van der Waals surface area contributed by atoms with Crippen molar-refractivity contribution in [2.45, 2.75) is 83.3 Å². The largest absolute Gasteiger partial charge is 0.342 e. The topological polar surface area (TPSA) is 52.7 Å². The average molecular weight is 490 g/mol. The van der Waals surface area contributed by atoms with Crippen LogP contribution in [0.5, 0.6) is 0 Å². The van der Waals surface area contributed by atoms with Crippen molar-refractivity contribution < 1.29 is 9.59 Å². The summed E-state index contributed by atoms with van der Waals surface area (Å²) in [5.41, 5.74) is 1.78. The summed E-state index contributed by atoms with van der Waals surface area (Å²) in [6, 6.07) is 20.4. The minimum atomic E-state index is -0.730. The van der Waals surface area contributed by atoms with E-state index < -0.39 is 11.6 Å². The number of carbonyl (C=O) groups is 2. The second-order valence-electron chi connectivity index (χ2n) is 11.1. The molecule has 5 nitrogen and oxygen atoms in total. The van der Waals surface area contributed by atoms with Crippen LogP contribution < -0.4 is 5.32 Å². The third-order valence-electron chi connectivity index (χ3n) is 7.92. The van der Waals surface area contributed by atoms with E-state index in [9.17, 15) is 9.59 Å². The lowest BCUT2D eigenvalue weighted by Crippen LogP contribution is -2.72. The van der Waals surface area contributed by atoms with Crippen LogP contribution in [0.1, 0.15) is 69.9 Å². The van der Waals surface area contributed by atoms with Crippen molar-refractivity contribution >= 4 is 11.8 Å². The number of nitrogens with one attached hydrogen (secondary N) is 1. The first-order valence-electron chi connectivity index (χ1n) is 13.9. The fourth-order valence-electron chi connectivity index (χ4n) is 5.81. The third kappa shape index (κ3) is 6.56. The van der Waals surface area contributed by atoms with Crippen molar-refractivity contribution in [1.29, 1.82) is 0 Å². The van der Waals surface area contributed by atoms with Crippen LogP contribution in [0.25, 0.3) is 0 Å². The number of hydrogen-bond donors (Lipinski definition) is 1. The van der Waals surface area contributed by atoms with Gasteiger partial charge in [-0.1, -0.05) is 87.4 Å². The molecular formula is C31H43N3O2. The summed E-state index contributed by atoms with van der Waals surface area (Å²) in [6.07, 6.45) is 8.18. The SMILES string of the molecule is CC(C)CC1NC(=O)C2(CCN(CCCCCCc3ccccc3)CC2)N(Cc2ccccc2)C1=O. The molecule has 0 aromatic heterocycles. The Labute approximate surface area is 217 Å². The van der Waals surface area contributed by atoms with Crippen molar-refractivity contribution in [3.05, 3.63) is 71.8 Å². The van der Waals surface area contributed by atoms with Crippen LogP contribution in [0, 0.1) is 5.92 Å².